The van der Waals surface area contributed by atoms with E-state index in [9.17, 15) is 4.79 Å². The molecule has 1 atom stereocenters. The molecule has 0 radical (unpaired) electrons. The molecule has 2 heteroatoms. The fraction of sp³-hybridized carbons (Fsp3) is 0.667. The van der Waals surface area contributed by atoms with Crippen molar-refractivity contribution >= 4 is 5.78 Å². The van der Waals surface area contributed by atoms with Crippen molar-refractivity contribution in [3.63, 3.8) is 0 Å². The van der Waals surface area contributed by atoms with E-state index >= 15 is 0 Å². The first-order valence-electron chi connectivity index (χ1n) is 4.04. The minimum atomic E-state index is -0.750. The summed E-state index contributed by atoms with van der Waals surface area (Å²) < 4.78 is 0. The number of Topliss-reactive ketones (excluding diaryl/α,β-unsaturated/α-hetero) is 1. The van der Waals surface area contributed by atoms with E-state index < -0.39 is 6.10 Å². The number of hydrogen-bond donors (Lipinski definition) is 1. The molecule has 0 fully saturated rings. The van der Waals surface area contributed by atoms with Gasteiger partial charge in [0.25, 0.3) is 0 Å². The Morgan fingerprint density at radius 3 is 2.82 bits per heavy atom. The lowest BCUT2D eigenvalue weighted by atomic mass is 10.1. The van der Waals surface area contributed by atoms with Crippen LogP contribution in [0.15, 0.2) is 12.7 Å². The second-order valence-electron chi connectivity index (χ2n) is 2.57. The van der Waals surface area contributed by atoms with Crippen molar-refractivity contribution in [2.75, 3.05) is 0 Å². The molecule has 0 aliphatic heterocycles. The molecule has 0 aliphatic rings. The summed E-state index contributed by atoms with van der Waals surface area (Å²) >= 11 is 0. The van der Waals surface area contributed by atoms with Crippen LogP contribution in [0.4, 0.5) is 0 Å². The molecular weight excluding hydrogens is 140 g/mol. The van der Waals surface area contributed by atoms with Crippen LogP contribution in [0.3, 0.4) is 0 Å². The van der Waals surface area contributed by atoms with Gasteiger partial charge in [-0.3, -0.25) is 4.79 Å². The summed E-state index contributed by atoms with van der Waals surface area (Å²) in [7, 11) is 0. The average Bonchev–Trinajstić information content (AvgIpc) is 2.03. The van der Waals surface area contributed by atoms with Crippen molar-refractivity contribution in [1.29, 1.82) is 0 Å². The molecule has 0 heterocycles. The second-order valence-corrected chi connectivity index (χ2v) is 2.57. The predicted molar refractivity (Wildman–Crippen MR) is 45.4 cm³/mol. The van der Waals surface area contributed by atoms with Gasteiger partial charge in [-0.05, 0) is 19.3 Å². The lowest BCUT2D eigenvalue weighted by Gasteiger charge is -2.04. The van der Waals surface area contributed by atoms with Crippen LogP contribution in [-0.4, -0.2) is 17.0 Å². The van der Waals surface area contributed by atoms with E-state index in [1.54, 1.807) is 13.0 Å². The minimum absolute atomic E-state index is 0.0469. The Balaban J connectivity index is 3.43. The van der Waals surface area contributed by atoms with Crippen LogP contribution < -0.4 is 0 Å². The quantitative estimate of drug-likeness (QED) is 0.469. The van der Waals surface area contributed by atoms with Crippen LogP contribution in [0.25, 0.3) is 0 Å². The SMILES string of the molecule is C=CCCCC(=O)C(O)CC. The number of rotatable bonds is 6. The molecular formula is C9H16O2. The van der Waals surface area contributed by atoms with Crippen molar-refractivity contribution in [2.45, 2.75) is 38.7 Å². The number of ketones is 1. The Hall–Kier alpha value is -0.630. The number of carbonyl (C=O) groups is 1. The van der Waals surface area contributed by atoms with Crippen molar-refractivity contribution in [3.05, 3.63) is 12.7 Å². The zero-order valence-corrected chi connectivity index (χ0v) is 7.05. The van der Waals surface area contributed by atoms with Crippen LogP contribution in [0.2, 0.25) is 0 Å². The van der Waals surface area contributed by atoms with E-state index in [2.05, 4.69) is 6.58 Å². The fourth-order valence-electron chi connectivity index (χ4n) is 0.815. The highest BCUT2D eigenvalue weighted by molar-refractivity contribution is 5.82. The highest BCUT2D eigenvalue weighted by atomic mass is 16.3. The minimum Gasteiger partial charge on any atom is -0.385 e. The third-order valence-corrected chi connectivity index (χ3v) is 1.59. The first-order valence-corrected chi connectivity index (χ1v) is 4.04. The Kier molecular flexibility index (Phi) is 5.75. The molecule has 0 aliphatic carbocycles. The van der Waals surface area contributed by atoms with E-state index in [4.69, 9.17) is 5.11 Å². The molecule has 0 saturated carbocycles. The third kappa shape index (κ3) is 4.73. The molecule has 2 nitrogen and oxygen atoms in total. The highest BCUT2D eigenvalue weighted by Gasteiger charge is 2.10. The second kappa shape index (κ2) is 6.10. The monoisotopic (exact) mass is 156 g/mol. The van der Waals surface area contributed by atoms with Gasteiger partial charge in [0.1, 0.15) is 6.10 Å². The molecule has 1 unspecified atom stereocenters. The fourth-order valence-corrected chi connectivity index (χ4v) is 0.815. The summed E-state index contributed by atoms with van der Waals surface area (Å²) in [4.78, 5) is 11.0. The lowest BCUT2D eigenvalue weighted by Crippen LogP contribution is -2.18. The Bertz CT molecular complexity index is 130. The van der Waals surface area contributed by atoms with Crippen molar-refractivity contribution in [1.82, 2.24) is 0 Å². The molecule has 11 heavy (non-hydrogen) atoms. The molecule has 0 aromatic heterocycles. The Labute approximate surface area is 67.9 Å². The molecule has 64 valence electrons. The molecule has 0 rings (SSSR count). The predicted octanol–water partition coefficient (Wildman–Crippen LogP) is 1.68. The highest BCUT2D eigenvalue weighted by Crippen LogP contribution is 2.02. The first kappa shape index (κ1) is 10.4. The molecule has 0 bridgehead atoms. The van der Waals surface area contributed by atoms with Gasteiger partial charge in [-0.1, -0.05) is 13.0 Å². The topological polar surface area (TPSA) is 37.3 Å². The van der Waals surface area contributed by atoms with E-state index in [1.165, 1.54) is 0 Å². The number of hydrogen-bond acceptors (Lipinski definition) is 2. The van der Waals surface area contributed by atoms with Crippen LogP contribution in [0.5, 0.6) is 0 Å². The van der Waals surface area contributed by atoms with Crippen molar-refractivity contribution in [3.8, 4) is 0 Å². The van der Waals surface area contributed by atoms with E-state index in [1.807, 2.05) is 0 Å². The van der Waals surface area contributed by atoms with Gasteiger partial charge in [0, 0.05) is 6.42 Å². The molecule has 0 saturated heterocycles. The van der Waals surface area contributed by atoms with Crippen LogP contribution in [0.1, 0.15) is 32.6 Å². The van der Waals surface area contributed by atoms with Gasteiger partial charge in [0.2, 0.25) is 0 Å². The summed E-state index contributed by atoms with van der Waals surface area (Å²) in [6.45, 7) is 5.35. The number of carbonyl (C=O) groups excluding carboxylic acids is 1. The molecule has 0 spiro atoms. The van der Waals surface area contributed by atoms with Gasteiger partial charge >= 0.3 is 0 Å². The summed E-state index contributed by atoms with van der Waals surface area (Å²) in [6, 6.07) is 0. The van der Waals surface area contributed by atoms with Gasteiger partial charge < -0.3 is 5.11 Å². The smallest absolute Gasteiger partial charge is 0.161 e. The molecule has 0 aromatic carbocycles. The maximum absolute atomic E-state index is 11.0. The van der Waals surface area contributed by atoms with Crippen LogP contribution in [0, 0.1) is 0 Å². The number of allylic oxidation sites excluding steroid dienone is 1. The molecule has 1 N–H and O–H groups in total. The van der Waals surface area contributed by atoms with Gasteiger partial charge in [-0.25, -0.2) is 0 Å². The largest absolute Gasteiger partial charge is 0.385 e. The van der Waals surface area contributed by atoms with E-state index in [-0.39, 0.29) is 5.78 Å². The van der Waals surface area contributed by atoms with Crippen molar-refractivity contribution in [2.24, 2.45) is 0 Å². The average molecular weight is 156 g/mol. The van der Waals surface area contributed by atoms with Gasteiger partial charge in [-0.15, -0.1) is 6.58 Å². The summed E-state index contributed by atoms with van der Waals surface area (Å²) in [5, 5.41) is 9.05. The number of aliphatic hydroxyl groups is 1. The Morgan fingerprint density at radius 2 is 2.36 bits per heavy atom. The zero-order chi connectivity index (χ0) is 8.69. The number of unbranched alkanes of at least 4 members (excludes halogenated alkanes) is 1. The van der Waals surface area contributed by atoms with Gasteiger partial charge in [0.15, 0.2) is 5.78 Å². The lowest BCUT2D eigenvalue weighted by molar-refractivity contribution is -0.127. The number of aliphatic hydroxyl groups excluding tert-OH is 1. The van der Waals surface area contributed by atoms with Crippen LogP contribution >= 0.6 is 0 Å². The van der Waals surface area contributed by atoms with Gasteiger partial charge in [0.05, 0.1) is 0 Å². The summed E-state index contributed by atoms with van der Waals surface area (Å²) in [5.74, 6) is -0.0469. The summed E-state index contributed by atoms with van der Waals surface area (Å²) in [6.07, 6.45) is 3.68. The van der Waals surface area contributed by atoms with Crippen molar-refractivity contribution < 1.29 is 9.90 Å². The zero-order valence-electron chi connectivity index (χ0n) is 7.05. The Morgan fingerprint density at radius 1 is 1.73 bits per heavy atom. The van der Waals surface area contributed by atoms with Gasteiger partial charge in [-0.2, -0.15) is 0 Å². The van der Waals surface area contributed by atoms with E-state index in [0.717, 1.165) is 12.8 Å². The molecule has 0 aromatic rings. The maximum Gasteiger partial charge on any atom is 0.161 e. The summed E-state index contributed by atoms with van der Waals surface area (Å²) in [5.41, 5.74) is 0. The normalized spacial score (nSPS) is 12.5. The van der Waals surface area contributed by atoms with Crippen LogP contribution in [-0.2, 0) is 4.79 Å². The third-order valence-electron chi connectivity index (χ3n) is 1.59. The maximum atomic E-state index is 11.0. The standard InChI is InChI=1S/C9H16O2/c1-3-5-6-7-9(11)8(10)4-2/h3,8,10H,1,4-7H2,2H3. The first-order chi connectivity index (χ1) is 5.22. The van der Waals surface area contributed by atoms with E-state index in [0.29, 0.717) is 12.8 Å². The molecule has 0 amide bonds.